The average Bonchev–Trinajstić information content (AvgIpc) is 2.90. The summed E-state index contributed by atoms with van der Waals surface area (Å²) in [6.45, 7) is 3.75. The molecule has 4 rings (SSSR count). The molecule has 0 radical (unpaired) electrons. The summed E-state index contributed by atoms with van der Waals surface area (Å²) in [5.74, 6) is -0.523. The summed E-state index contributed by atoms with van der Waals surface area (Å²) in [4.78, 5) is 27.0. The second kappa shape index (κ2) is 11.4. The number of carbonyl (C=O) groups excluding carboxylic acids is 2. The second-order valence-electron chi connectivity index (χ2n) is 8.54. The van der Waals surface area contributed by atoms with Crippen LogP contribution in [0.1, 0.15) is 30.5 Å². The highest BCUT2D eigenvalue weighted by Gasteiger charge is 2.28. The summed E-state index contributed by atoms with van der Waals surface area (Å²) < 4.78 is 29.2. The Bertz CT molecular complexity index is 1310. The maximum absolute atomic E-state index is 13.3. The third-order valence-electron chi connectivity index (χ3n) is 6.13. The minimum atomic E-state index is -4.02. The number of benzene rings is 3. The number of amides is 2. The fourth-order valence-electron chi connectivity index (χ4n) is 4.19. The van der Waals surface area contributed by atoms with Gasteiger partial charge in [0.2, 0.25) is 21.8 Å². The molecule has 0 unspecified atom stereocenters. The van der Waals surface area contributed by atoms with Gasteiger partial charge < -0.3 is 15.5 Å². The van der Waals surface area contributed by atoms with E-state index < -0.39 is 22.0 Å². The van der Waals surface area contributed by atoms with Gasteiger partial charge in [-0.1, -0.05) is 48.5 Å². The number of nitrogens with one attached hydrogen (secondary N) is 3. The quantitative estimate of drug-likeness (QED) is 0.391. The molecule has 0 aromatic heterocycles. The molecule has 1 aliphatic rings. The summed E-state index contributed by atoms with van der Waals surface area (Å²) >= 11 is 0. The number of hydrogen-bond acceptors (Lipinski definition) is 5. The van der Waals surface area contributed by atoms with Gasteiger partial charge in [-0.3, -0.25) is 9.59 Å². The van der Waals surface area contributed by atoms with Crippen molar-refractivity contribution in [1.29, 1.82) is 0 Å². The van der Waals surface area contributed by atoms with E-state index in [4.69, 9.17) is 0 Å². The Kier molecular flexibility index (Phi) is 8.02. The number of sulfonamides is 1. The van der Waals surface area contributed by atoms with E-state index in [1.165, 1.54) is 6.07 Å². The maximum atomic E-state index is 13.3. The summed E-state index contributed by atoms with van der Waals surface area (Å²) in [5, 5.41) is 5.64. The van der Waals surface area contributed by atoms with Crippen LogP contribution in [0.5, 0.6) is 0 Å². The Balaban J connectivity index is 1.49. The Labute approximate surface area is 211 Å². The van der Waals surface area contributed by atoms with Gasteiger partial charge in [0, 0.05) is 37.4 Å². The minimum absolute atomic E-state index is 0.0485. The summed E-state index contributed by atoms with van der Waals surface area (Å²) in [6, 6.07) is 22.2. The molecule has 1 aliphatic heterocycles. The third kappa shape index (κ3) is 6.10. The number of carbonyl (C=O) groups is 2. The van der Waals surface area contributed by atoms with Crippen molar-refractivity contribution in [2.24, 2.45) is 0 Å². The van der Waals surface area contributed by atoms with Crippen LogP contribution in [-0.2, 0) is 26.0 Å². The van der Waals surface area contributed by atoms with Crippen LogP contribution in [0, 0.1) is 0 Å². The molecule has 36 heavy (non-hydrogen) atoms. The number of hydrogen-bond donors (Lipinski definition) is 3. The SMILES string of the molecule is CCN(CCNC(=O)[C@@H](NS(=O)(=O)c1ccc2c(c1)CCC(=O)N2)c1ccccc1)c1ccccc1. The van der Waals surface area contributed by atoms with Gasteiger partial charge in [-0.05, 0) is 54.8 Å². The maximum Gasteiger partial charge on any atom is 0.242 e. The molecular weight excluding hydrogens is 476 g/mol. The first kappa shape index (κ1) is 25.4. The number of nitrogens with zero attached hydrogens (tertiary/aromatic N) is 1. The van der Waals surface area contributed by atoms with Crippen LogP contribution in [0.3, 0.4) is 0 Å². The lowest BCUT2D eigenvalue weighted by atomic mass is 10.0. The van der Waals surface area contributed by atoms with Crippen LogP contribution in [0.2, 0.25) is 0 Å². The van der Waals surface area contributed by atoms with Crippen molar-refractivity contribution in [3.63, 3.8) is 0 Å². The summed E-state index contributed by atoms with van der Waals surface area (Å²) in [5.41, 5.74) is 2.96. The summed E-state index contributed by atoms with van der Waals surface area (Å²) in [7, 11) is -4.02. The van der Waals surface area contributed by atoms with Crippen molar-refractivity contribution in [2.45, 2.75) is 30.7 Å². The Morgan fingerprint density at radius 2 is 1.69 bits per heavy atom. The molecule has 2 amide bonds. The molecule has 3 aromatic carbocycles. The smallest absolute Gasteiger partial charge is 0.242 e. The molecule has 0 spiro atoms. The molecule has 0 saturated carbocycles. The van der Waals surface area contributed by atoms with E-state index in [0.717, 1.165) is 17.8 Å². The van der Waals surface area contributed by atoms with Crippen LogP contribution < -0.4 is 20.3 Å². The van der Waals surface area contributed by atoms with Crippen molar-refractivity contribution in [3.05, 3.63) is 90.0 Å². The van der Waals surface area contributed by atoms with Crippen molar-refractivity contribution in [1.82, 2.24) is 10.0 Å². The Morgan fingerprint density at radius 1 is 1.00 bits per heavy atom. The van der Waals surface area contributed by atoms with E-state index >= 15 is 0 Å². The van der Waals surface area contributed by atoms with Crippen LogP contribution in [0.4, 0.5) is 11.4 Å². The summed E-state index contributed by atoms with van der Waals surface area (Å²) in [6.07, 6.45) is 0.763. The predicted molar refractivity (Wildman–Crippen MR) is 140 cm³/mol. The number of aryl methyl sites for hydroxylation is 1. The van der Waals surface area contributed by atoms with Crippen molar-refractivity contribution < 1.29 is 18.0 Å². The predicted octanol–water partition coefficient (Wildman–Crippen LogP) is 3.23. The molecular formula is C27H30N4O4S. The van der Waals surface area contributed by atoms with E-state index in [2.05, 4.69) is 20.3 Å². The number of para-hydroxylation sites is 1. The Hall–Kier alpha value is -3.69. The molecule has 1 atom stereocenters. The number of rotatable bonds is 10. The van der Waals surface area contributed by atoms with Crippen LogP contribution >= 0.6 is 0 Å². The van der Waals surface area contributed by atoms with Gasteiger partial charge in [0.25, 0.3) is 0 Å². The molecule has 8 nitrogen and oxygen atoms in total. The molecule has 0 saturated heterocycles. The third-order valence-corrected chi connectivity index (χ3v) is 7.56. The van der Waals surface area contributed by atoms with E-state index in [1.54, 1.807) is 36.4 Å². The van der Waals surface area contributed by atoms with Gasteiger partial charge in [-0.15, -0.1) is 0 Å². The monoisotopic (exact) mass is 506 g/mol. The topological polar surface area (TPSA) is 108 Å². The van der Waals surface area contributed by atoms with E-state index in [0.29, 0.717) is 37.2 Å². The van der Waals surface area contributed by atoms with E-state index in [-0.39, 0.29) is 10.8 Å². The van der Waals surface area contributed by atoms with Gasteiger partial charge >= 0.3 is 0 Å². The second-order valence-corrected chi connectivity index (χ2v) is 10.3. The highest BCUT2D eigenvalue weighted by molar-refractivity contribution is 7.89. The lowest BCUT2D eigenvalue weighted by Gasteiger charge is -2.24. The molecule has 188 valence electrons. The van der Waals surface area contributed by atoms with Gasteiger partial charge in [-0.2, -0.15) is 4.72 Å². The van der Waals surface area contributed by atoms with Gasteiger partial charge in [0.05, 0.1) is 4.90 Å². The van der Waals surface area contributed by atoms with Crippen LogP contribution in [0.25, 0.3) is 0 Å². The number of anilines is 2. The van der Waals surface area contributed by atoms with Gasteiger partial charge in [0.1, 0.15) is 6.04 Å². The molecule has 0 aliphatic carbocycles. The largest absolute Gasteiger partial charge is 0.370 e. The van der Waals surface area contributed by atoms with Gasteiger partial charge in [-0.25, -0.2) is 8.42 Å². The lowest BCUT2D eigenvalue weighted by Crippen LogP contribution is -2.43. The van der Waals surface area contributed by atoms with Gasteiger partial charge in [0.15, 0.2) is 0 Å². The Morgan fingerprint density at radius 3 is 2.39 bits per heavy atom. The van der Waals surface area contributed by atoms with Crippen molar-refractivity contribution in [2.75, 3.05) is 29.9 Å². The minimum Gasteiger partial charge on any atom is -0.370 e. The number of fused-ring (bicyclic) bond motifs is 1. The first-order valence-corrected chi connectivity index (χ1v) is 13.4. The molecule has 1 heterocycles. The number of likely N-dealkylation sites (N-methyl/N-ethyl adjacent to an activating group) is 1. The normalized spacial score (nSPS) is 13.9. The van der Waals surface area contributed by atoms with Crippen LogP contribution in [-0.4, -0.2) is 39.9 Å². The fraction of sp³-hybridized carbons (Fsp3) is 0.259. The molecule has 3 aromatic rings. The zero-order valence-corrected chi connectivity index (χ0v) is 20.9. The molecule has 9 heteroatoms. The first-order valence-electron chi connectivity index (χ1n) is 11.9. The highest BCUT2D eigenvalue weighted by Crippen LogP contribution is 2.26. The first-order chi connectivity index (χ1) is 17.4. The molecule has 0 fully saturated rings. The lowest BCUT2D eigenvalue weighted by molar-refractivity contribution is -0.122. The standard InChI is InChI=1S/C27H30N4O4S/c1-2-31(22-11-7-4-8-12-22)18-17-28-27(33)26(20-9-5-3-6-10-20)30-36(34,35)23-14-15-24-21(19-23)13-16-25(32)29-24/h3-12,14-15,19,26,30H,2,13,16-18H2,1H3,(H,28,33)(H,29,32)/t26-/m0/s1. The van der Waals surface area contributed by atoms with E-state index in [1.807, 2.05) is 43.3 Å². The zero-order chi connectivity index (χ0) is 25.5. The average molecular weight is 507 g/mol. The van der Waals surface area contributed by atoms with E-state index in [9.17, 15) is 18.0 Å². The zero-order valence-electron chi connectivity index (χ0n) is 20.1. The fourth-order valence-corrected chi connectivity index (χ4v) is 5.43. The molecule has 3 N–H and O–H groups in total. The van der Waals surface area contributed by atoms with Crippen molar-refractivity contribution >= 4 is 33.2 Å². The highest BCUT2D eigenvalue weighted by atomic mass is 32.2. The molecule has 0 bridgehead atoms. The van der Waals surface area contributed by atoms with Crippen LogP contribution in [0.15, 0.2) is 83.8 Å². The van der Waals surface area contributed by atoms with Crippen molar-refractivity contribution in [3.8, 4) is 0 Å².